The molecule has 0 aliphatic carbocycles. The van der Waals surface area contributed by atoms with Crippen LogP contribution >= 0.6 is 0 Å². The van der Waals surface area contributed by atoms with Crippen molar-refractivity contribution in [3.8, 4) is 0 Å². The molecule has 1 atom stereocenters. The molecule has 0 bridgehead atoms. The van der Waals surface area contributed by atoms with Gasteiger partial charge < -0.3 is 5.32 Å². The molecule has 0 aromatic carbocycles. The third-order valence-corrected chi connectivity index (χ3v) is 2.74. The molecule has 1 heterocycles. The molecule has 1 N–H and O–H groups in total. The molecule has 1 unspecified atom stereocenters. The number of aromatic nitrogens is 1. The highest BCUT2D eigenvalue weighted by atomic mass is 14.9. The largest absolute Gasteiger partial charge is 0.309 e. The zero-order valence-electron chi connectivity index (χ0n) is 11.2. The van der Waals surface area contributed by atoms with Crippen molar-refractivity contribution in [1.29, 1.82) is 0 Å². The van der Waals surface area contributed by atoms with E-state index < -0.39 is 0 Å². The first-order valence-corrected chi connectivity index (χ1v) is 6.21. The van der Waals surface area contributed by atoms with Crippen molar-refractivity contribution in [1.82, 2.24) is 10.3 Å². The van der Waals surface area contributed by atoms with E-state index in [0.29, 0.717) is 12.0 Å². The molecule has 1 aromatic rings. The quantitative estimate of drug-likeness (QED) is 0.822. The van der Waals surface area contributed by atoms with Crippen LogP contribution in [0.15, 0.2) is 12.3 Å². The summed E-state index contributed by atoms with van der Waals surface area (Å²) in [5.74, 6) is 0.687. The Hall–Kier alpha value is -0.890. The molecule has 0 spiro atoms. The van der Waals surface area contributed by atoms with Crippen LogP contribution in [0.4, 0.5) is 0 Å². The average molecular weight is 220 g/mol. The number of hydrogen-bond donors (Lipinski definition) is 1. The molecule has 0 aliphatic heterocycles. The predicted octanol–water partition coefficient (Wildman–Crippen LogP) is 3.40. The Morgan fingerprint density at radius 2 is 2.00 bits per heavy atom. The van der Waals surface area contributed by atoms with E-state index in [1.165, 1.54) is 16.8 Å². The number of nitrogens with one attached hydrogen (secondary N) is 1. The number of nitrogens with zero attached hydrogens (tertiary/aromatic N) is 1. The fraction of sp³-hybridized carbons (Fsp3) is 0.643. The highest BCUT2D eigenvalue weighted by Gasteiger charge is 2.15. The van der Waals surface area contributed by atoms with Gasteiger partial charge in [0.25, 0.3) is 0 Å². The second-order valence-corrected chi connectivity index (χ2v) is 4.95. The summed E-state index contributed by atoms with van der Waals surface area (Å²) >= 11 is 0. The van der Waals surface area contributed by atoms with Crippen molar-refractivity contribution in [2.45, 2.75) is 47.1 Å². The van der Waals surface area contributed by atoms with Gasteiger partial charge in [-0.1, -0.05) is 26.8 Å². The highest BCUT2D eigenvalue weighted by Crippen LogP contribution is 2.22. The number of pyridine rings is 1. The van der Waals surface area contributed by atoms with Crippen molar-refractivity contribution < 1.29 is 0 Å². The van der Waals surface area contributed by atoms with Crippen LogP contribution in [0, 0.1) is 19.8 Å². The lowest BCUT2D eigenvalue weighted by molar-refractivity contribution is 0.429. The predicted molar refractivity (Wildman–Crippen MR) is 69.6 cm³/mol. The molecule has 16 heavy (non-hydrogen) atoms. The topological polar surface area (TPSA) is 24.9 Å². The molecule has 0 fully saturated rings. The monoisotopic (exact) mass is 220 g/mol. The second kappa shape index (κ2) is 6.00. The van der Waals surface area contributed by atoms with Gasteiger partial charge in [-0.2, -0.15) is 0 Å². The summed E-state index contributed by atoms with van der Waals surface area (Å²) < 4.78 is 0. The molecular formula is C14H24N2. The molecular weight excluding hydrogens is 196 g/mol. The lowest BCUT2D eigenvalue weighted by atomic mass is 9.97. The van der Waals surface area contributed by atoms with Gasteiger partial charge in [0.1, 0.15) is 0 Å². The van der Waals surface area contributed by atoms with Crippen molar-refractivity contribution in [3.05, 3.63) is 29.1 Å². The fourth-order valence-corrected chi connectivity index (χ4v) is 2.10. The highest BCUT2D eigenvalue weighted by molar-refractivity contribution is 5.25. The number of rotatable bonds is 5. The van der Waals surface area contributed by atoms with E-state index in [9.17, 15) is 0 Å². The van der Waals surface area contributed by atoms with Gasteiger partial charge in [0.05, 0.1) is 5.69 Å². The number of aryl methyl sites for hydroxylation is 2. The Balaban J connectivity index is 2.91. The van der Waals surface area contributed by atoms with E-state index in [1.807, 2.05) is 6.20 Å². The van der Waals surface area contributed by atoms with Crippen LogP contribution in [0.3, 0.4) is 0 Å². The Morgan fingerprint density at radius 3 is 2.50 bits per heavy atom. The molecule has 0 aliphatic rings. The lowest BCUT2D eigenvalue weighted by Crippen LogP contribution is -2.24. The van der Waals surface area contributed by atoms with Crippen LogP contribution < -0.4 is 5.32 Å². The standard InChI is InChI=1S/C14H24N2/c1-6-15-13(7-10(2)3)14-12(5)8-11(4)9-16-14/h8-10,13,15H,6-7H2,1-5H3. The number of hydrogen-bond acceptors (Lipinski definition) is 2. The Morgan fingerprint density at radius 1 is 1.31 bits per heavy atom. The van der Waals surface area contributed by atoms with Gasteiger partial charge in [-0.15, -0.1) is 0 Å². The van der Waals surface area contributed by atoms with Crippen LogP contribution in [0.5, 0.6) is 0 Å². The molecule has 1 rings (SSSR count). The van der Waals surface area contributed by atoms with Gasteiger partial charge in [-0.25, -0.2) is 0 Å². The minimum absolute atomic E-state index is 0.394. The first-order valence-electron chi connectivity index (χ1n) is 6.21. The molecule has 2 heteroatoms. The van der Waals surface area contributed by atoms with Gasteiger partial charge in [-0.3, -0.25) is 4.98 Å². The summed E-state index contributed by atoms with van der Waals surface area (Å²) in [6.07, 6.45) is 3.11. The Labute approximate surface area is 99.5 Å². The maximum Gasteiger partial charge on any atom is 0.0602 e. The summed E-state index contributed by atoms with van der Waals surface area (Å²) in [5.41, 5.74) is 3.74. The summed E-state index contributed by atoms with van der Waals surface area (Å²) in [6.45, 7) is 11.9. The van der Waals surface area contributed by atoms with Gasteiger partial charge >= 0.3 is 0 Å². The van der Waals surface area contributed by atoms with Gasteiger partial charge in [0, 0.05) is 12.2 Å². The minimum Gasteiger partial charge on any atom is -0.309 e. The summed E-state index contributed by atoms with van der Waals surface area (Å²) in [6, 6.07) is 2.61. The zero-order valence-corrected chi connectivity index (χ0v) is 11.2. The van der Waals surface area contributed by atoms with E-state index in [0.717, 1.165) is 13.0 Å². The van der Waals surface area contributed by atoms with Crippen LogP contribution in [0.25, 0.3) is 0 Å². The van der Waals surface area contributed by atoms with Crippen molar-refractivity contribution in [3.63, 3.8) is 0 Å². The molecule has 0 saturated heterocycles. The van der Waals surface area contributed by atoms with Crippen LogP contribution in [-0.4, -0.2) is 11.5 Å². The first kappa shape index (κ1) is 13.2. The van der Waals surface area contributed by atoms with Crippen LogP contribution in [-0.2, 0) is 0 Å². The Bertz CT molecular complexity index is 332. The second-order valence-electron chi connectivity index (χ2n) is 4.95. The summed E-state index contributed by atoms with van der Waals surface area (Å²) in [5, 5.41) is 3.53. The van der Waals surface area contributed by atoms with E-state index in [-0.39, 0.29) is 0 Å². The van der Waals surface area contributed by atoms with Crippen LogP contribution in [0.1, 0.15) is 50.1 Å². The average Bonchev–Trinajstić information content (AvgIpc) is 2.16. The molecule has 2 nitrogen and oxygen atoms in total. The minimum atomic E-state index is 0.394. The van der Waals surface area contributed by atoms with Crippen molar-refractivity contribution in [2.24, 2.45) is 5.92 Å². The lowest BCUT2D eigenvalue weighted by Gasteiger charge is -2.21. The molecule has 1 aromatic heterocycles. The maximum absolute atomic E-state index is 4.59. The third-order valence-electron chi connectivity index (χ3n) is 2.74. The van der Waals surface area contributed by atoms with Gasteiger partial charge in [0.2, 0.25) is 0 Å². The summed E-state index contributed by atoms with van der Waals surface area (Å²) in [4.78, 5) is 4.59. The van der Waals surface area contributed by atoms with E-state index >= 15 is 0 Å². The van der Waals surface area contributed by atoms with Crippen molar-refractivity contribution >= 4 is 0 Å². The molecule has 90 valence electrons. The summed E-state index contributed by atoms with van der Waals surface area (Å²) in [7, 11) is 0. The Kier molecular flexibility index (Phi) is 4.94. The third kappa shape index (κ3) is 3.60. The molecule has 0 radical (unpaired) electrons. The van der Waals surface area contributed by atoms with E-state index in [4.69, 9.17) is 0 Å². The smallest absolute Gasteiger partial charge is 0.0602 e. The van der Waals surface area contributed by atoms with Gasteiger partial charge in [-0.05, 0) is 43.9 Å². The zero-order chi connectivity index (χ0) is 12.1. The SMILES string of the molecule is CCNC(CC(C)C)c1ncc(C)cc1C. The first-order chi connectivity index (χ1) is 7.54. The van der Waals surface area contributed by atoms with E-state index in [1.54, 1.807) is 0 Å². The fourth-order valence-electron chi connectivity index (χ4n) is 2.10. The molecule has 0 saturated carbocycles. The van der Waals surface area contributed by atoms with E-state index in [2.05, 4.69) is 51.0 Å². The molecule has 0 amide bonds. The van der Waals surface area contributed by atoms with Crippen LogP contribution in [0.2, 0.25) is 0 Å². The maximum atomic E-state index is 4.59. The van der Waals surface area contributed by atoms with Crippen molar-refractivity contribution in [2.75, 3.05) is 6.54 Å². The normalized spacial score (nSPS) is 13.1. The van der Waals surface area contributed by atoms with Gasteiger partial charge in [0.15, 0.2) is 0 Å².